The normalized spacial score (nSPS) is 10.1. The van der Waals surface area contributed by atoms with Gasteiger partial charge in [0, 0.05) is 10.6 Å². The molecule has 0 saturated heterocycles. The number of esters is 1. The van der Waals surface area contributed by atoms with Gasteiger partial charge < -0.3 is 10.1 Å². The molecule has 0 aliphatic carbocycles. The first-order valence-corrected chi connectivity index (χ1v) is 7.13. The Bertz CT molecular complexity index is 598. The van der Waals surface area contributed by atoms with Crippen LogP contribution in [0.5, 0.6) is 0 Å². The fourth-order valence-electron chi connectivity index (χ4n) is 1.47. The molecule has 2 rings (SSSR count). The van der Waals surface area contributed by atoms with Crippen LogP contribution >= 0.6 is 22.9 Å². The molecule has 0 aliphatic rings. The molecule has 0 fully saturated rings. The van der Waals surface area contributed by atoms with E-state index in [1.54, 1.807) is 35.7 Å². The first kappa shape index (κ1) is 14.6. The van der Waals surface area contributed by atoms with Crippen molar-refractivity contribution in [1.29, 1.82) is 0 Å². The fourth-order valence-corrected chi connectivity index (χ4v) is 2.30. The lowest BCUT2D eigenvalue weighted by Gasteiger charge is -2.07. The summed E-state index contributed by atoms with van der Waals surface area (Å²) in [6.45, 7) is -0.0748. The summed E-state index contributed by atoms with van der Waals surface area (Å²) in [5.41, 5.74) is 0.729. The molecule has 0 spiro atoms. The van der Waals surface area contributed by atoms with Crippen molar-refractivity contribution in [1.82, 2.24) is 5.32 Å². The van der Waals surface area contributed by atoms with Gasteiger partial charge in [0.25, 0.3) is 5.91 Å². The van der Waals surface area contributed by atoms with E-state index in [-0.39, 0.29) is 19.1 Å². The zero-order chi connectivity index (χ0) is 14.4. The molecule has 0 bridgehead atoms. The highest BCUT2D eigenvalue weighted by atomic mass is 35.5. The number of hydrogen-bond donors (Lipinski definition) is 1. The highest BCUT2D eigenvalue weighted by Gasteiger charge is 2.10. The Labute approximate surface area is 125 Å². The van der Waals surface area contributed by atoms with Crippen LogP contribution in [0.4, 0.5) is 0 Å². The van der Waals surface area contributed by atoms with E-state index in [0.717, 1.165) is 5.56 Å². The Hall–Kier alpha value is -1.85. The second-order valence-electron chi connectivity index (χ2n) is 3.91. The van der Waals surface area contributed by atoms with E-state index >= 15 is 0 Å². The molecule has 20 heavy (non-hydrogen) atoms. The molecule has 1 amide bonds. The minimum absolute atomic E-state index is 0.0907. The van der Waals surface area contributed by atoms with Gasteiger partial charge in [-0.25, -0.2) is 0 Å². The highest BCUT2D eigenvalue weighted by Crippen LogP contribution is 2.15. The van der Waals surface area contributed by atoms with Gasteiger partial charge >= 0.3 is 5.97 Å². The zero-order valence-electron chi connectivity index (χ0n) is 10.5. The van der Waals surface area contributed by atoms with E-state index in [2.05, 4.69) is 5.32 Å². The molecule has 1 heterocycles. The molecule has 1 aromatic heterocycles. The maximum atomic E-state index is 11.6. The van der Waals surface area contributed by atoms with Crippen molar-refractivity contribution in [2.24, 2.45) is 0 Å². The molecule has 1 N–H and O–H groups in total. The van der Waals surface area contributed by atoms with Gasteiger partial charge in [0.2, 0.25) is 0 Å². The number of nitrogens with one attached hydrogen (secondary N) is 1. The summed E-state index contributed by atoms with van der Waals surface area (Å²) in [5.74, 6) is -0.787. The molecule has 0 radical (unpaired) electrons. The van der Waals surface area contributed by atoms with E-state index in [0.29, 0.717) is 9.90 Å². The van der Waals surface area contributed by atoms with Crippen molar-refractivity contribution in [3.05, 3.63) is 57.2 Å². The highest BCUT2D eigenvalue weighted by molar-refractivity contribution is 7.12. The molecule has 0 unspecified atom stereocenters. The number of carbonyl (C=O) groups is 2. The van der Waals surface area contributed by atoms with Gasteiger partial charge in [-0.3, -0.25) is 9.59 Å². The van der Waals surface area contributed by atoms with Crippen LogP contribution in [0, 0.1) is 0 Å². The molecule has 0 saturated carbocycles. The molecule has 0 atom stereocenters. The molecule has 104 valence electrons. The van der Waals surface area contributed by atoms with Crippen LogP contribution < -0.4 is 5.32 Å². The number of rotatable bonds is 5. The molecule has 0 aliphatic heterocycles. The van der Waals surface area contributed by atoms with Crippen LogP contribution in [0.2, 0.25) is 5.02 Å². The van der Waals surface area contributed by atoms with Gasteiger partial charge in [0.05, 0.1) is 4.88 Å². The first-order chi connectivity index (χ1) is 9.66. The van der Waals surface area contributed by atoms with Crippen LogP contribution in [0.25, 0.3) is 0 Å². The Morgan fingerprint density at radius 3 is 2.70 bits per heavy atom. The van der Waals surface area contributed by atoms with Crippen molar-refractivity contribution in [3.63, 3.8) is 0 Å². The topological polar surface area (TPSA) is 55.4 Å². The van der Waals surface area contributed by atoms with Crippen molar-refractivity contribution in [2.75, 3.05) is 6.54 Å². The largest absolute Gasteiger partial charge is 0.459 e. The molecular formula is C14H12ClNO3S. The number of amides is 1. The SMILES string of the molecule is O=C(CNC(=O)c1cccs1)OCc1ccccc1Cl. The number of thiophene rings is 1. The summed E-state index contributed by atoms with van der Waals surface area (Å²) < 4.78 is 5.04. The number of carbonyl (C=O) groups excluding carboxylic acids is 2. The summed E-state index contributed by atoms with van der Waals surface area (Å²) in [4.78, 5) is 23.7. The van der Waals surface area contributed by atoms with Gasteiger partial charge in [0.15, 0.2) is 0 Å². The van der Waals surface area contributed by atoms with Crippen molar-refractivity contribution < 1.29 is 14.3 Å². The van der Waals surface area contributed by atoms with Gasteiger partial charge in [0.1, 0.15) is 13.2 Å². The van der Waals surface area contributed by atoms with E-state index in [4.69, 9.17) is 16.3 Å². The van der Waals surface area contributed by atoms with Crippen molar-refractivity contribution in [2.45, 2.75) is 6.61 Å². The Morgan fingerprint density at radius 2 is 2.00 bits per heavy atom. The Morgan fingerprint density at radius 1 is 1.20 bits per heavy atom. The van der Waals surface area contributed by atoms with E-state index in [9.17, 15) is 9.59 Å². The molecule has 2 aromatic rings. The summed E-state index contributed by atoms with van der Waals surface area (Å²) in [6.07, 6.45) is 0. The van der Waals surface area contributed by atoms with E-state index < -0.39 is 5.97 Å². The number of ether oxygens (including phenoxy) is 1. The smallest absolute Gasteiger partial charge is 0.325 e. The minimum atomic E-state index is -0.505. The predicted octanol–water partition coefficient (Wildman–Crippen LogP) is 2.87. The first-order valence-electron chi connectivity index (χ1n) is 5.87. The third-order valence-corrected chi connectivity index (χ3v) is 3.72. The maximum Gasteiger partial charge on any atom is 0.325 e. The average molecular weight is 310 g/mol. The third-order valence-electron chi connectivity index (χ3n) is 2.48. The van der Waals surface area contributed by atoms with Crippen molar-refractivity contribution in [3.8, 4) is 0 Å². The summed E-state index contributed by atoms with van der Waals surface area (Å²) in [7, 11) is 0. The molecule has 6 heteroatoms. The van der Waals surface area contributed by atoms with Gasteiger partial charge in [-0.1, -0.05) is 35.9 Å². The summed E-state index contributed by atoms with van der Waals surface area (Å²) in [6, 6.07) is 10.6. The van der Waals surface area contributed by atoms with Crippen LogP contribution in [-0.4, -0.2) is 18.4 Å². The van der Waals surface area contributed by atoms with Crippen molar-refractivity contribution >= 4 is 34.8 Å². The zero-order valence-corrected chi connectivity index (χ0v) is 12.0. The van der Waals surface area contributed by atoms with Crippen LogP contribution in [0.15, 0.2) is 41.8 Å². The number of hydrogen-bond acceptors (Lipinski definition) is 4. The quantitative estimate of drug-likeness (QED) is 0.864. The van der Waals surface area contributed by atoms with Crippen LogP contribution in [-0.2, 0) is 16.1 Å². The number of halogens is 1. The average Bonchev–Trinajstić information content (AvgIpc) is 2.98. The lowest BCUT2D eigenvalue weighted by molar-refractivity contribution is -0.143. The third kappa shape index (κ3) is 4.08. The van der Waals surface area contributed by atoms with Crippen LogP contribution in [0.3, 0.4) is 0 Å². The van der Waals surface area contributed by atoms with Gasteiger partial charge in [-0.2, -0.15) is 0 Å². The van der Waals surface area contributed by atoms with E-state index in [1.165, 1.54) is 11.3 Å². The Kier molecular flexibility index (Phi) is 5.15. The predicted molar refractivity (Wildman–Crippen MR) is 77.9 cm³/mol. The lowest BCUT2D eigenvalue weighted by Crippen LogP contribution is -2.30. The summed E-state index contributed by atoms with van der Waals surface area (Å²) >= 11 is 7.26. The molecular weight excluding hydrogens is 298 g/mol. The maximum absolute atomic E-state index is 11.6. The number of benzene rings is 1. The second-order valence-corrected chi connectivity index (χ2v) is 5.27. The molecule has 1 aromatic carbocycles. The summed E-state index contributed by atoms with van der Waals surface area (Å²) in [5, 5.41) is 4.84. The Balaban J connectivity index is 1.76. The van der Waals surface area contributed by atoms with Gasteiger partial charge in [-0.05, 0) is 17.5 Å². The minimum Gasteiger partial charge on any atom is -0.459 e. The fraction of sp³-hybridized carbons (Fsp3) is 0.143. The van der Waals surface area contributed by atoms with Crippen LogP contribution in [0.1, 0.15) is 15.2 Å². The lowest BCUT2D eigenvalue weighted by atomic mass is 10.2. The second kappa shape index (κ2) is 7.07. The standard InChI is InChI=1S/C14H12ClNO3S/c15-11-5-2-1-4-10(11)9-19-13(17)8-16-14(18)12-6-3-7-20-12/h1-7H,8-9H2,(H,16,18). The van der Waals surface area contributed by atoms with Gasteiger partial charge in [-0.15, -0.1) is 11.3 Å². The molecule has 4 nitrogen and oxygen atoms in total. The monoisotopic (exact) mass is 309 g/mol. The van der Waals surface area contributed by atoms with E-state index in [1.807, 2.05) is 6.07 Å².